The van der Waals surface area contributed by atoms with Gasteiger partial charge in [0.25, 0.3) is 0 Å². The topological polar surface area (TPSA) is 91.5 Å². The van der Waals surface area contributed by atoms with Gasteiger partial charge in [-0.3, -0.25) is 5.32 Å². The summed E-state index contributed by atoms with van der Waals surface area (Å²) in [5, 5.41) is 19.5. The molecule has 116 valence electrons. The standard InChI is InChI=1S/C14H15FN4O3/c15-10-3-1-9(2-4-10)12-17-18-13(22-12)16-14(21)19-7-5-11(20)6-8-19/h1-4,11,20H,5-8H2,(H,16,18,21). The number of aliphatic hydroxyl groups is 1. The first-order valence-corrected chi connectivity index (χ1v) is 6.95. The number of carbonyl (C=O) groups excluding carboxylic acids is 1. The van der Waals surface area contributed by atoms with Gasteiger partial charge >= 0.3 is 12.0 Å². The molecule has 1 aromatic heterocycles. The number of likely N-dealkylation sites (tertiary alicyclic amines) is 1. The number of amides is 2. The Hall–Kier alpha value is -2.48. The van der Waals surface area contributed by atoms with Crippen molar-refractivity contribution in [2.24, 2.45) is 0 Å². The number of nitrogens with one attached hydrogen (secondary N) is 1. The van der Waals surface area contributed by atoms with E-state index in [4.69, 9.17) is 4.42 Å². The van der Waals surface area contributed by atoms with Crippen molar-refractivity contribution in [2.45, 2.75) is 18.9 Å². The Morgan fingerprint density at radius 2 is 1.95 bits per heavy atom. The molecule has 1 aliphatic rings. The normalized spacial score (nSPS) is 15.8. The minimum Gasteiger partial charge on any atom is -0.403 e. The van der Waals surface area contributed by atoms with E-state index in [1.165, 1.54) is 24.3 Å². The quantitative estimate of drug-likeness (QED) is 0.883. The molecular formula is C14H15FN4O3. The largest absolute Gasteiger partial charge is 0.403 e. The van der Waals surface area contributed by atoms with E-state index < -0.39 is 0 Å². The summed E-state index contributed by atoms with van der Waals surface area (Å²) in [7, 11) is 0. The van der Waals surface area contributed by atoms with Crippen molar-refractivity contribution in [2.75, 3.05) is 18.4 Å². The van der Waals surface area contributed by atoms with Crippen LogP contribution in [0, 0.1) is 5.82 Å². The summed E-state index contributed by atoms with van der Waals surface area (Å²) in [6, 6.07) is 5.24. The second-order valence-corrected chi connectivity index (χ2v) is 5.07. The molecule has 1 aromatic carbocycles. The van der Waals surface area contributed by atoms with E-state index >= 15 is 0 Å². The van der Waals surface area contributed by atoms with Crippen LogP contribution in [0.2, 0.25) is 0 Å². The number of benzene rings is 1. The number of nitrogens with zero attached hydrogens (tertiary/aromatic N) is 3. The molecular weight excluding hydrogens is 291 g/mol. The molecule has 1 saturated heterocycles. The summed E-state index contributed by atoms with van der Waals surface area (Å²) >= 11 is 0. The third kappa shape index (κ3) is 3.22. The molecule has 1 aliphatic heterocycles. The Labute approximate surface area is 125 Å². The van der Waals surface area contributed by atoms with Crippen molar-refractivity contribution in [3.05, 3.63) is 30.1 Å². The predicted molar refractivity (Wildman–Crippen MR) is 75.5 cm³/mol. The van der Waals surface area contributed by atoms with Crippen LogP contribution in [0.25, 0.3) is 11.5 Å². The number of rotatable bonds is 2. The van der Waals surface area contributed by atoms with Gasteiger partial charge in [-0.05, 0) is 37.1 Å². The van der Waals surface area contributed by atoms with E-state index in [0.29, 0.717) is 31.5 Å². The number of urea groups is 1. The first-order valence-electron chi connectivity index (χ1n) is 6.95. The lowest BCUT2D eigenvalue weighted by Crippen LogP contribution is -2.42. The number of aromatic nitrogens is 2. The molecule has 1 fully saturated rings. The highest BCUT2D eigenvalue weighted by molar-refractivity contribution is 5.87. The molecule has 0 spiro atoms. The molecule has 0 unspecified atom stereocenters. The lowest BCUT2D eigenvalue weighted by atomic mass is 10.1. The number of aliphatic hydroxyl groups excluding tert-OH is 1. The zero-order chi connectivity index (χ0) is 15.5. The van der Waals surface area contributed by atoms with Gasteiger partial charge in [0.2, 0.25) is 5.89 Å². The van der Waals surface area contributed by atoms with Crippen LogP contribution in [-0.4, -0.2) is 45.4 Å². The van der Waals surface area contributed by atoms with Crippen LogP contribution in [0.1, 0.15) is 12.8 Å². The number of hydrogen-bond acceptors (Lipinski definition) is 5. The number of hydrogen-bond donors (Lipinski definition) is 2. The molecule has 2 heterocycles. The molecule has 0 bridgehead atoms. The maximum atomic E-state index is 12.9. The highest BCUT2D eigenvalue weighted by Gasteiger charge is 2.22. The highest BCUT2D eigenvalue weighted by atomic mass is 19.1. The Morgan fingerprint density at radius 1 is 1.27 bits per heavy atom. The van der Waals surface area contributed by atoms with Gasteiger partial charge in [0.05, 0.1) is 6.10 Å². The fourth-order valence-electron chi connectivity index (χ4n) is 2.22. The monoisotopic (exact) mass is 306 g/mol. The summed E-state index contributed by atoms with van der Waals surface area (Å²) in [5.41, 5.74) is 0.565. The molecule has 22 heavy (non-hydrogen) atoms. The summed E-state index contributed by atoms with van der Waals surface area (Å²) < 4.78 is 18.2. The van der Waals surface area contributed by atoms with Crippen molar-refractivity contribution in [3.63, 3.8) is 0 Å². The number of halogens is 1. The molecule has 0 aliphatic carbocycles. The lowest BCUT2D eigenvalue weighted by Gasteiger charge is -2.28. The average molecular weight is 306 g/mol. The van der Waals surface area contributed by atoms with Crippen LogP contribution in [0.3, 0.4) is 0 Å². The Morgan fingerprint density at radius 3 is 2.64 bits per heavy atom. The zero-order valence-electron chi connectivity index (χ0n) is 11.7. The van der Waals surface area contributed by atoms with Gasteiger partial charge in [-0.25, -0.2) is 9.18 Å². The summed E-state index contributed by atoms with van der Waals surface area (Å²) in [6.07, 6.45) is 0.758. The van der Waals surface area contributed by atoms with E-state index in [1.54, 1.807) is 4.90 Å². The molecule has 0 atom stereocenters. The number of carbonyl (C=O) groups is 1. The minimum atomic E-state index is -0.357. The molecule has 2 aromatic rings. The molecule has 7 nitrogen and oxygen atoms in total. The van der Waals surface area contributed by atoms with Gasteiger partial charge in [-0.1, -0.05) is 5.10 Å². The van der Waals surface area contributed by atoms with Crippen molar-refractivity contribution in [3.8, 4) is 11.5 Å². The van der Waals surface area contributed by atoms with E-state index in [-0.39, 0.29) is 29.9 Å². The fourth-order valence-corrected chi connectivity index (χ4v) is 2.22. The molecule has 2 amide bonds. The lowest BCUT2D eigenvalue weighted by molar-refractivity contribution is 0.0971. The maximum absolute atomic E-state index is 12.9. The third-order valence-corrected chi connectivity index (χ3v) is 3.48. The number of piperidine rings is 1. The second-order valence-electron chi connectivity index (χ2n) is 5.07. The van der Waals surface area contributed by atoms with E-state index in [9.17, 15) is 14.3 Å². The smallest absolute Gasteiger partial charge is 0.325 e. The van der Waals surface area contributed by atoms with Crippen LogP contribution in [0.4, 0.5) is 15.2 Å². The summed E-state index contributed by atoms with van der Waals surface area (Å²) in [4.78, 5) is 13.6. The Bertz CT molecular complexity index is 650. The number of anilines is 1. The molecule has 8 heteroatoms. The first kappa shape index (κ1) is 14.5. The van der Waals surface area contributed by atoms with E-state index in [2.05, 4.69) is 15.5 Å². The van der Waals surface area contributed by atoms with Crippen molar-refractivity contribution in [1.29, 1.82) is 0 Å². The molecule has 0 radical (unpaired) electrons. The van der Waals surface area contributed by atoms with Crippen LogP contribution in [-0.2, 0) is 0 Å². The van der Waals surface area contributed by atoms with Crippen molar-refractivity contribution < 1.29 is 18.7 Å². The van der Waals surface area contributed by atoms with Crippen LogP contribution >= 0.6 is 0 Å². The second kappa shape index (κ2) is 6.10. The summed E-state index contributed by atoms with van der Waals surface area (Å²) in [6.45, 7) is 0.956. The van der Waals surface area contributed by atoms with Crippen LogP contribution in [0.15, 0.2) is 28.7 Å². The predicted octanol–water partition coefficient (Wildman–Crippen LogP) is 1.86. The van der Waals surface area contributed by atoms with Gasteiger partial charge in [0.15, 0.2) is 0 Å². The van der Waals surface area contributed by atoms with Crippen LogP contribution in [0.5, 0.6) is 0 Å². The SMILES string of the molecule is O=C(Nc1nnc(-c2ccc(F)cc2)o1)N1CCC(O)CC1. The van der Waals surface area contributed by atoms with Gasteiger partial charge in [-0.2, -0.15) is 0 Å². The summed E-state index contributed by atoms with van der Waals surface area (Å²) in [5.74, 6) is -0.159. The van der Waals surface area contributed by atoms with Crippen molar-refractivity contribution >= 4 is 12.0 Å². The average Bonchev–Trinajstić information content (AvgIpc) is 2.97. The molecule has 2 N–H and O–H groups in total. The van der Waals surface area contributed by atoms with Gasteiger partial charge < -0.3 is 14.4 Å². The van der Waals surface area contributed by atoms with Gasteiger partial charge in [0, 0.05) is 18.7 Å². The minimum absolute atomic E-state index is 0.0181. The zero-order valence-corrected chi connectivity index (χ0v) is 11.7. The maximum Gasteiger partial charge on any atom is 0.325 e. The fraction of sp³-hybridized carbons (Fsp3) is 0.357. The van der Waals surface area contributed by atoms with Crippen LogP contribution < -0.4 is 5.32 Å². The Kier molecular flexibility index (Phi) is 4.01. The van der Waals surface area contributed by atoms with Gasteiger partial charge in [0.1, 0.15) is 5.82 Å². The highest BCUT2D eigenvalue weighted by Crippen LogP contribution is 2.20. The Balaban J connectivity index is 1.64. The van der Waals surface area contributed by atoms with E-state index in [0.717, 1.165) is 0 Å². The van der Waals surface area contributed by atoms with Crippen molar-refractivity contribution in [1.82, 2.24) is 15.1 Å². The first-order chi connectivity index (χ1) is 10.6. The molecule has 3 rings (SSSR count). The third-order valence-electron chi connectivity index (χ3n) is 3.48. The van der Waals surface area contributed by atoms with E-state index in [1.807, 2.05) is 0 Å². The van der Waals surface area contributed by atoms with Gasteiger partial charge in [-0.15, -0.1) is 5.10 Å². The molecule has 0 saturated carbocycles.